The molecule has 0 unspecified atom stereocenters. The van der Waals surface area contributed by atoms with E-state index in [2.05, 4.69) is 5.32 Å². The molecule has 0 atom stereocenters. The summed E-state index contributed by atoms with van der Waals surface area (Å²) < 4.78 is 43.2. The zero-order chi connectivity index (χ0) is 22.1. The predicted molar refractivity (Wildman–Crippen MR) is 114 cm³/mol. The van der Waals surface area contributed by atoms with E-state index in [1.54, 1.807) is 31.2 Å². The van der Waals surface area contributed by atoms with Gasteiger partial charge >= 0.3 is 0 Å². The van der Waals surface area contributed by atoms with Gasteiger partial charge in [0, 0.05) is 30.8 Å². The van der Waals surface area contributed by atoms with E-state index in [0.717, 1.165) is 9.87 Å². The topological polar surface area (TPSA) is 94.2 Å². The van der Waals surface area contributed by atoms with E-state index in [4.69, 9.17) is 14.2 Å². The highest BCUT2D eigenvalue weighted by molar-refractivity contribution is 7.97. The van der Waals surface area contributed by atoms with Gasteiger partial charge in [-0.05, 0) is 24.6 Å². The highest BCUT2D eigenvalue weighted by Gasteiger charge is 2.38. The Morgan fingerprint density at radius 2 is 1.60 bits per heavy atom. The molecule has 1 N–H and O–H groups in total. The van der Waals surface area contributed by atoms with Crippen LogP contribution in [0.15, 0.2) is 41.3 Å². The van der Waals surface area contributed by atoms with Crippen molar-refractivity contribution < 1.29 is 27.4 Å². The Morgan fingerprint density at radius 1 is 1.00 bits per heavy atom. The third kappa shape index (κ3) is 3.56. The summed E-state index contributed by atoms with van der Waals surface area (Å²) >= 11 is 0. The molecule has 1 aliphatic heterocycles. The van der Waals surface area contributed by atoms with Crippen molar-refractivity contribution in [2.45, 2.75) is 13.5 Å². The molecule has 0 fully saturated rings. The largest absolute Gasteiger partial charge is 0.496 e. The molecule has 2 aromatic rings. The number of fused-ring (bicyclic) bond motifs is 1. The van der Waals surface area contributed by atoms with Gasteiger partial charge in [0.2, 0.25) is 0 Å². The number of ether oxygens (including phenoxy) is 3. The van der Waals surface area contributed by atoms with Gasteiger partial charge in [-0.15, -0.1) is 0 Å². The van der Waals surface area contributed by atoms with Gasteiger partial charge in [0.15, 0.2) is 16.4 Å². The number of hydrogen-bond donors (Lipinski definition) is 1. The number of methoxy groups -OCH3 is 3. The number of amides is 1. The molecule has 1 heterocycles. The van der Waals surface area contributed by atoms with Crippen LogP contribution < -0.4 is 23.8 Å². The summed E-state index contributed by atoms with van der Waals surface area (Å²) in [6, 6.07) is 10.5. The van der Waals surface area contributed by atoms with Crippen LogP contribution in [-0.2, 0) is 21.4 Å². The number of sulfonamides is 1. The van der Waals surface area contributed by atoms with Crippen molar-refractivity contribution in [3.8, 4) is 17.2 Å². The highest BCUT2D eigenvalue weighted by atomic mass is 32.2. The number of allylic oxidation sites excluding steroid dienone is 1. The molecule has 0 spiro atoms. The minimum Gasteiger partial charge on any atom is -0.496 e. The lowest BCUT2D eigenvalue weighted by molar-refractivity contribution is -0.117. The monoisotopic (exact) mass is 432 g/mol. The molecule has 1 amide bonds. The SMILES string of the molecule is COc1ccccc1CNC(=O)C1=C(C)c2cc(OC)c(OC)cc2N(C)S1(=O)=O. The molecule has 30 heavy (non-hydrogen) atoms. The molecular weight excluding hydrogens is 408 g/mol. The second kappa shape index (κ2) is 8.27. The molecule has 0 saturated heterocycles. The Hall–Kier alpha value is -3.20. The van der Waals surface area contributed by atoms with Crippen molar-refractivity contribution in [3.63, 3.8) is 0 Å². The van der Waals surface area contributed by atoms with Gasteiger partial charge in [-0.2, -0.15) is 0 Å². The molecule has 0 bridgehead atoms. The average molecular weight is 432 g/mol. The second-order valence-electron chi connectivity index (χ2n) is 6.65. The van der Waals surface area contributed by atoms with Crippen molar-refractivity contribution in [1.82, 2.24) is 5.32 Å². The molecule has 1 aliphatic rings. The third-order valence-corrected chi connectivity index (χ3v) is 6.97. The van der Waals surface area contributed by atoms with Crippen molar-refractivity contribution in [3.05, 3.63) is 52.4 Å². The van der Waals surface area contributed by atoms with Gasteiger partial charge in [0.25, 0.3) is 15.9 Å². The number of carbonyl (C=O) groups excluding carboxylic acids is 1. The normalized spacial score (nSPS) is 14.8. The molecular formula is C21H24N2O6S. The van der Waals surface area contributed by atoms with Crippen LogP contribution in [0.2, 0.25) is 0 Å². The molecule has 9 heteroatoms. The van der Waals surface area contributed by atoms with E-state index in [1.165, 1.54) is 28.4 Å². The van der Waals surface area contributed by atoms with Crippen LogP contribution in [0, 0.1) is 0 Å². The molecule has 2 aromatic carbocycles. The first-order valence-corrected chi connectivity index (χ1v) is 10.6. The summed E-state index contributed by atoms with van der Waals surface area (Å²) in [6.45, 7) is 1.73. The second-order valence-corrected chi connectivity index (χ2v) is 8.55. The van der Waals surface area contributed by atoms with E-state index >= 15 is 0 Å². The Kier molecular flexibility index (Phi) is 5.93. The molecule has 160 valence electrons. The first-order chi connectivity index (χ1) is 14.3. The zero-order valence-corrected chi connectivity index (χ0v) is 18.3. The van der Waals surface area contributed by atoms with Gasteiger partial charge in [-0.1, -0.05) is 18.2 Å². The number of hydrogen-bond acceptors (Lipinski definition) is 6. The maximum atomic E-state index is 13.1. The lowest BCUT2D eigenvalue weighted by Crippen LogP contribution is -2.39. The Balaban J connectivity index is 2.03. The smallest absolute Gasteiger partial charge is 0.269 e. The summed E-state index contributed by atoms with van der Waals surface area (Å²) in [5.74, 6) is 0.757. The summed E-state index contributed by atoms with van der Waals surface area (Å²) in [7, 11) is 1.85. The predicted octanol–water partition coefficient (Wildman–Crippen LogP) is 2.54. The number of rotatable bonds is 6. The molecule has 0 saturated carbocycles. The number of benzene rings is 2. The number of para-hydroxylation sites is 1. The average Bonchev–Trinajstić information content (AvgIpc) is 2.75. The van der Waals surface area contributed by atoms with Crippen LogP contribution in [0.4, 0.5) is 5.69 Å². The van der Waals surface area contributed by atoms with Crippen molar-refractivity contribution in [2.24, 2.45) is 0 Å². The van der Waals surface area contributed by atoms with Gasteiger partial charge in [-0.25, -0.2) is 8.42 Å². The lowest BCUT2D eigenvalue weighted by atomic mass is 10.0. The van der Waals surface area contributed by atoms with Gasteiger partial charge in [-0.3, -0.25) is 9.10 Å². The number of carbonyl (C=O) groups is 1. The number of anilines is 1. The van der Waals surface area contributed by atoms with Crippen molar-refractivity contribution in [1.29, 1.82) is 0 Å². The van der Waals surface area contributed by atoms with Crippen LogP contribution in [0.5, 0.6) is 17.2 Å². The van der Waals surface area contributed by atoms with Crippen LogP contribution in [0.1, 0.15) is 18.1 Å². The van der Waals surface area contributed by atoms with E-state index in [9.17, 15) is 13.2 Å². The van der Waals surface area contributed by atoms with Crippen LogP contribution in [0.25, 0.3) is 5.57 Å². The van der Waals surface area contributed by atoms with Crippen molar-refractivity contribution >= 4 is 27.2 Å². The first kappa shape index (κ1) is 21.5. The van der Waals surface area contributed by atoms with E-state index in [1.807, 2.05) is 12.1 Å². The maximum Gasteiger partial charge on any atom is 0.269 e. The molecule has 3 rings (SSSR count). The fourth-order valence-corrected chi connectivity index (χ4v) is 4.89. The maximum absolute atomic E-state index is 13.1. The molecule has 0 aromatic heterocycles. The summed E-state index contributed by atoms with van der Waals surface area (Å²) in [4.78, 5) is 12.7. The number of nitrogens with one attached hydrogen (secondary N) is 1. The zero-order valence-electron chi connectivity index (χ0n) is 17.5. The van der Waals surface area contributed by atoms with E-state index in [0.29, 0.717) is 34.1 Å². The summed E-state index contributed by atoms with van der Waals surface area (Å²) in [6.07, 6.45) is 0. The van der Waals surface area contributed by atoms with Crippen LogP contribution in [-0.4, -0.2) is 42.7 Å². The summed E-state index contributed by atoms with van der Waals surface area (Å²) in [5.41, 5.74) is 2.06. The van der Waals surface area contributed by atoms with Gasteiger partial charge < -0.3 is 19.5 Å². The van der Waals surface area contributed by atoms with Gasteiger partial charge in [0.05, 0.1) is 27.0 Å². The molecule has 0 radical (unpaired) electrons. The summed E-state index contributed by atoms with van der Waals surface area (Å²) in [5, 5.41) is 2.69. The Bertz CT molecular complexity index is 1120. The van der Waals surface area contributed by atoms with Gasteiger partial charge in [0.1, 0.15) is 5.75 Å². The lowest BCUT2D eigenvalue weighted by Gasteiger charge is -2.30. The quantitative estimate of drug-likeness (QED) is 0.754. The number of nitrogens with zero attached hydrogens (tertiary/aromatic N) is 1. The third-order valence-electron chi connectivity index (χ3n) is 5.04. The van der Waals surface area contributed by atoms with Crippen molar-refractivity contribution in [2.75, 3.05) is 32.7 Å². The van der Waals surface area contributed by atoms with E-state index < -0.39 is 15.9 Å². The van der Waals surface area contributed by atoms with Crippen LogP contribution >= 0.6 is 0 Å². The minimum atomic E-state index is -4.06. The fraction of sp³-hybridized carbons (Fsp3) is 0.286. The first-order valence-electron chi connectivity index (χ1n) is 9.12. The molecule has 8 nitrogen and oxygen atoms in total. The highest BCUT2D eigenvalue weighted by Crippen LogP contribution is 2.44. The fourth-order valence-electron chi connectivity index (χ4n) is 3.40. The molecule has 0 aliphatic carbocycles. The van der Waals surface area contributed by atoms with Crippen LogP contribution in [0.3, 0.4) is 0 Å². The Labute approximate surface area is 176 Å². The Morgan fingerprint density at radius 3 is 2.23 bits per heavy atom. The minimum absolute atomic E-state index is 0.123. The standard InChI is InChI=1S/C21H24N2O6S/c1-13-15-10-18(28-4)19(29-5)11-16(15)23(2)30(25,26)20(13)21(24)22-12-14-8-6-7-9-17(14)27-3/h6-11H,12H2,1-5H3,(H,22,24). The van der Waals surface area contributed by atoms with E-state index in [-0.39, 0.29) is 11.4 Å².